The summed E-state index contributed by atoms with van der Waals surface area (Å²) in [6.45, 7) is 4.03. The number of fused-ring (bicyclic) bond motifs is 1. The average molecular weight is 397 g/mol. The summed E-state index contributed by atoms with van der Waals surface area (Å²) in [5, 5.41) is 0.840. The molecule has 1 aromatic heterocycles. The van der Waals surface area contributed by atoms with Gasteiger partial charge in [-0.05, 0) is 31.0 Å². The molecule has 150 valence electrons. The van der Waals surface area contributed by atoms with Gasteiger partial charge in [0, 0.05) is 28.2 Å². The number of carbonyl (C=O) groups is 2. The Morgan fingerprint density at radius 3 is 2.37 bits per heavy atom. The molecule has 0 saturated carbocycles. The number of Topliss-reactive ketones (excluding diaryl/α,β-unsaturated/α-hetero) is 1. The van der Waals surface area contributed by atoms with E-state index in [-0.39, 0.29) is 5.78 Å². The van der Waals surface area contributed by atoms with Gasteiger partial charge in [-0.2, -0.15) is 0 Å². The molecule has 1 N–H and O–H groups in total. The average Bonchev–Trinajstić information content (AvgIpc) is 3.22. The number of ether oxygens (including phenoxy) is 1. The fourth-order valence-corrected chi connectivity index (χ4v) is 3.62. The minimum absolute atomic E-state index is 0.249. The molecule has 0 aliphatic heterocycles. The lowest BCUT2D eigenvalue weighted by Crippen LogP contribution is -2.20. The molecule has 0 aliphatic rings. The molecule has 4 nitrogen and oxygen atoms in total. The molecule has 0 fully saturated rings. The molecule has 4 heteroatoms. The summed E-state index contributed by atoms with van der Waals surface area (Å²) in [6.07, 6.45) is 1.54. The van der Waals surface area contributed by atoms with Crippen LogP contribution in [0.1, 0.15) is 50.4 Å². The van der Waals surface area contributed by atoms with Gasteiger partial charge in [0.1, 0.15) is 0 Å². The molecule has 0 saturated heterocycles. The zero-order valence-corrected chi connectivity index (χ0v) is 17.0. The summed E-state index contributed by atoms with van der Waals surface area (Å²) < 4.78 is 5.75. The van der Waals surface area contributed by atoms with Crippen LogP contribution >= 0.6 is 0 Å². The molecule has 1 atom stereocenters. The van der Waals surface area contributed by atoms with Crippen LogP contribution in [0.15, 0.2) is 79.0 Å². The standard InChI is InChI=1S/C26H23NO3/c1-3-18-10-7-11-21-22(16-27-23(18)21)24(28)25(19-8-5-4-6-9-19)30-26(29)20-14-12-17(2)13-15-20/h4-16,25,27H,3H2,1-2H3/t25-/m0/s1. The number of hydrogen-bond acceptors (Lipinski definition) is 3. The number of carbonyl (C=O) groups excluding carboxylic acids is 2. The topological polar surface area (TPSA) is 59.2 Å². The lowest BCUT2D eigenvalue weighted by molar-refractivity contribution is 0.0280. The summed E-state index contributed by atoms with van der Waals surface area (Å²) >= 11 is 0. The van der Waals surface area contributed by atoms with E-state index in [1.54, 1.807) is 30.5 Å². The predicted octanol–water partition coefficient (Wildman–Crippen LogP) is 5.82. The highest BCUT2D eigenvalue weighted by atomic mass is 16.5. The molecule has 1 heterocycles. The molecule has 4 aromatic rings. The van der Waals surface area contributed by atoms with Gasteiger partial charge in [-0.25, -0.2) is 4.79 Å². The summed E-state index contributed by atoms with van der Waals surface area (Å²) in [5.74, 6) is -0.771. The minimum Gasteiger partial charge on any atom is -0.445 e. The summed E-state index contributed by atoms with van der Waals surface area (Å²) in [7, 11) is 0. The molecule has 0 spiro atoms. The van der Waals surface area contributed by atoms with Crippen LogP contribution in [0.25, 0.3) is 10.9 Å². The number of aromatic amines is 1. The van der Waals surface area contributed by atoms with Gasteiger partial charge in [-0.1, -0.05) is 73.2 Å². The van der Waals surface area contributed by atoms with E-state index < -0.39 is 12.1 Å². The van der Waals surface area contributed by atoms with Crippen molar-refractivity contribution in [2.24, 2.45) is 0 Å². The van der Waals surface area contributed by atoms with Crippen LogP contribution in [0.5, 0.6) is 0 Å². The van der Waals surface area contributed by atoms with Crippen molar-refractivity contribution in [2.45, 2.75) is 26.4 Å². The largest absolute Gasteiger partial charge is 0.445 e. The van der Waals surface area contributed by atoms with E-state index in [1.165, 1.54) is 0 Å². The quantitative estimate of drug-likeness (QED) is 0.329. The maximum Gasteiger partial charge on any atom is 0.339 e. The van der Waals surface area contributed by atoms with Crippen LogP contribution in [-0.4, -0.2) is 16.7 Å². The molecule has 30 heavy (non-hydrogen) atoms. The van der Waals surface area contributed by atoms with Gasteiger partial charge in [0.2, 0.25) is 5.78 Å². The number of rotatable bonds is 6. The van der Waals surface area contributed by atoms with Crippen molar-refractivity contribution in [3.63, 3.8) is 0 Å². The monoisotopic (exact) mass is 397 g/mol. The van der Waals surface area contributed by atoms with E-state index in [4.69, 9.17) is 4.74 Å². The van der Waals surface area contributed by atoms with Crippen molar-refractivity contribution >= 4 is 22.7 Å². The van der Waals surface area contributed by atoms with Gasteiger partial charge in [-0.3, -0.25) is 4.79 Å². The van der Waals surface area contributed by atoms with Gasteiger partial charge < -0.3 is 9.72 Å². The normalized spacial score (nSPS) is 11.9. The number of benzene rings is 3. The first-order valence-corrected chi connectivity index (χ1v) is 10.0. The van der Waals surface area contributed by atoms with Crippen molar-refractivity contribution in [2.75, 3.05) is 0 Å². The van der Waals surface area contributed by atoms with Crippen LogP contribution in [-0.2, 0) is 11.2 Å². The zero-order chi connectivity index (χ0) is 21.1. The maximum absolute atomic E-state index is 13.5. The second-order valence-electron chi connectivity index (χ2n) is 7.32. The van der Waals surface area contributed by atoms with Crippen LogP contribution in [0.3, 0.4) is 0 Å². The highest BCUT2D eigenvalue weighted by Crippen LogP contribution is 2.29. The van der Waals surface area contributed by atoms with Crippen molar-refractivity contribution < 1.29 is 14.3 Å². The third kappa shape index (κ3) is 3.77. The molecule has 0 unspecified atom stereocenters. The third-order valence-corrected chi connectivity index (χ3v) is 5.30. The number of H-pyrrole nitrogens is 1. The van der Waals surface area contributed by atoms with E-state index in [9.17, 15) is 9.59 Å². The molecule has 4 rings (SSSR count). The van der Waals surface area contributed by atoms with E-state index in [1.807, 2.05) is 55.5 Å². The summed E-state index contributed by atoms with van der Waals surface area (Å²) in [6, 6.07) is 22.2. The molecule has 0 bridgehead atoms. The van der Waals surface area contributed by atoms with Crippen LogP contribution in [0.4, 0.5) is 0 Å². The van der Waals surface area contributed by atoms with E-state index in [2.05, 4.69) is 11.9 Å². The number of ketones is 1. The molecule has 0 amide bonds. The Morgan fingerprint density at radius 1 is 0.933 bits per heavy atom. The van der Waals surface area contributed by atoms with Gasteiger partial charge in [0.15, 0.2) is 6.10 Å². The second kappa shape index (κ2) is 8.37. The van der Waals surface area contributed by atoms with Crippen LogP contribution < -0.4 is 0 Å². The number of aromatic nitrogens is 1. The zero-order valence-electron chi connectivity index (χ0n) is 17.0. The smallest absolute Gasteiger partial charge is 0.339 e. The minimum atomic E-state index is -1.02. The first kappa shape index (κ1) is 19.6. The number of para-hydroxylation sites is 1. The SMILES string of the molecule is CCc1cccc2c(C(=O)[C@@H](OC(=O)c3ccc(C)cc3)c3ccccc3)c[nH]c12. The molecule has 0 radical (unpaired) electrons. The van der Waals surface area contributed by atoms with Crippen molar-refractivity contribution in [3.8, 4) is 0 Å². The van der Waals surface area contributed by atoms with Gasteiger partial charge in [0.25, 0.3) is 0 Å². The summed E-state index contributed by atoms with van der Waals surface area (Å²) in [5.41, 5.74) is 4.71. The number of aryl methyl sites for hydroxylation is 2. The first-order valence-electron chi connectivity index (χ1n) is 10.0. The van der Waals surface area contributed by atoms with E-state index >= 15 is 0 Å². The Labute approximate surface area is 175 Å². The second-order valence-corrected chi connectivity index (χ2v) is 7.32. The van der Waals surface area contributed by atoms with Gasteiger partial charge in [0.05, 0.1) is 5.56 Å². The molecule has 0 aliphatic carbocycles. The van der Waals surface area contributed by atoms with E-state index in [0.29, 0.717) is 16.7 Å². The fourth-order valence-electron chi connectivity index (χ4n) is 3.62. The highest BCUT2D eigenvalue weighted by Gasteiger charge is 2.28. The Balaban J connectivity index is 1.72. The van der Waals surface area contributed by atoms with Crippen molar-refractivity contribution in [3.05, 3.63) is 107 Å². The van der Waals surface area contributed by atoms with Gasteiger partial charge >= 0.3 is 5.97 Å². The molecule has 3 aromatic carbocycles. The predicted molar refractivity (Wildman–Crippen MR) is 118 cm³/mol. The highest BCUT2D eigenvalue weighted by molar-refractivity contribution is 6.11. The third-order valence-electron chi connectivity index (χ3n) is 5.30. The fraction of sp³-hybridized carbons (Fsp3) is 0.154. The maximum atomic E-state index is 13.5. The Bertz CT molecular complexity index is 1190. The Morgan fingerprint density at radius 2 is 1.67 bits per heavy atom. The first-order chi connectivity index (χ1) is 14.6. The number of nitrogens with one attached hydrogen (secondary N) is 1. The van der Waals surface area contributed by atoms with Crippen molar-refractivity contribution in [1.29, 1.82) is 0 Å². The van der Waals surface area contributed by atoms with Crippen LogP contribution in [0.2, 0.25) is 0 Å². The Kier molecular flexibility index (Phi) is 5.48. The summed E-state index contributed by atoms with van der Waals surface area (Å²) in [4.78, 5) is 29.6. The number of esters is 1. The van der Waals surface area contributed by atoms with Crippen molar-refractivity contribution in [1.82, 2.24) is 4.98 Å². The Hall–Kier alpha value is -3.66. The van der Waals surface area contributed by atoms with Gasteiger partial charge in [-0.15, -0.1) is 0 Å². The van der Waals surface area contributed by atoms with E-state index in [0.717, 1.165) is 28.5 Å². The number of hydrogen-bond donors (Lipinski definition) is 1. The molecular weight excluding hydrogens is 374 g/mol. The lowest BCUT2D eigenvalue weighted by Gasteiger charge is -2.17. The lowest BCUT2D eigenvalue weighted by atomic mass is 9.98. The van der Waals surface area contributed by atoms with Crippen LogP contribution in [0, 0.1) is 6.92 Å². The molecular formula is C26H23NO3.